The fourth-order valence-electron chi connectivity index (χ4n) is 2.38. The number of nitrogens with one attached hydrogen (secondary N) is 1. The SMILES string of the molecule is O=[N+]([O-])c1ccc(CNC2CCCCC2)cc1Cl. The number of rotatable bonds is 4. The van der Waals surface area contributed by atoms with Gasteiger partial charge in [0, 0.05) is 18.7 Å². The molecule has 1 aliphatic rings. The molecule has 18 heavy (non-hydrogen) atoms. The minimum absolute atomic E-state index is 0.0296. The van der Waals surface area contributed by atoms with Crippen molar-refractivity contribution in [3.05, 3.63) is 38.9 Å². The highest BCUT2D eigenvalue weighted by Gasteiger charge is 2.14. The van der Waals surface area contributed by atoms with E-state index in [2.05, 4.69) is 5.32 Å². The second kappa shape index (κ2) is 6.16. The Balaban J connectivity index is 1.93. The van der Waals surface area contributed by atoms with Crippen LogP contribution in [-0.4, -0.2) is 11.0 Å². The lowest BCUT2D eigenvalue weighted by atomic mass is 9.95. The first-order chi connectivity index (χ1) is 8.66. The van der Waals surface area contributed by atoms with Crippen molar-refractivity contribution in [2.45, 2.75) is 44.7 Å². The minimum atomic E-state index is -0.458. The van der Waals surface area contributed by atoms with Crippen molar-refractivity contribution in [3.63, 3.8) is 0 Å². The van der Waals surface area contributed by atoms with Crippen LogP contribution < -0.4 is 5.32 Å². The Hall–Kier alpha value is -1.13. The molecule has 5 heteroatoms. The lowest BCUT2D eigenvalue weighted by Crippen LogP contribution is -2.30. The Labute approximate surface area is 111 Å². The molecule has 0 spiro atoms. The van der Waals surface area contributed by atoms with Gasteiger partial charge < -0.3 is 5.32 Å². The van der Waals surface area contributed by atoms with E-state index in [0.717, 1.165) is 12.1 Å². The number of nitro benzene ring substituents is 1. The summed E-state index contributed by atoms with van der Waals surface area (Å²) in [5.41, 5.74) is 0.967. The van der Waals surface area contributed by atoms with Gasteiger partial charge in [-0.15, -0.1) is 0 Å². The second-order valence-electron chi connectivity index (χ2n) is 4.76. The predicted octanol–water partition coefficient (Wildman–Crippen LogP) is 3.67. The fourth-order valence-corrected chi connectivity index (χ4v) is 2.65. The summed E-state index contributed by atoms with van der Waals surface area (Å²) in [4.78, 5) is 10.2. The summed E-state index contributed by atoms with van der Waals surface area (Å²) in [6.07, 6.45) is 6.36. The van der Waals surface area contributed by atoms with Crippen LogP contribution in [0.4, 0.5) is 5.69 Å². The molecule has 4 nitrogen and oxygen atoms in total. The van der Waals surface area contributed by atoms with Crippen molar-refractivity contribution >= 4 is 17.3 Å². The zero-order valence-electron chi connectivity index (χ0n) is 10.2. The van der Waals surface area contributed by atoms with E-state index in [9.17, 15) is 10.1 Å². The average Bonchev–Trinajstić information content (AvgIpc) is 2.37. The molecule has 0 bridgehead atoms. The zero-order valence-corrected chi connectivity index (χ0v) is 10.9. The largest absolute Gasteiger partial charge is 0.310 e. The van der Waals surface area contributed by atoms with Crippen molar-refractivity contribution in [2.75, 3.05) is 0 Å². The Morgan fingerprint density at radius 1 is 1.33 bits per heavy atom. The van der Waals surface area contributed by atoms with Crippen LogP contribution in [-0.2, 0) is 6.54 Å². The van der Waals surface area contributed by atoms with E-state index in [1.165, 1.54) is 38.2 Å². The fraction of sp³-hybridized carbons (Fsp3) is 0.538. The molecule has 0 unspecified atom stereocenters. The van der Waals surface area contributed by atoms with Gasteiger partial charge in [0.15, 0.2) is 0 Å². The van der Waals surface area contributed by atoms with Crippen molar-refractivity contribution in [3.8, 4) is 0 Å². The Bertz CT molecular complexity index is 431. The first-order valence-electron chi connectivity index (χ1n) is 6.33. The molecule has 2 rings (SSSR count). The molecule has 1 aliphatic carbocycles. The minimum Gasteiger partial charge on any atom is -0.310 e. The first kappa shape index (κ1) is 13.3. The molecule has 0 heterocycles. The lowest BCUT2D eigenvalue weighted by molar-refractivity contribution is -0.384. The summed E-state index contributed by atoms with van der Waals surface area (Å²) < 4.78 is 0. The number of hydrogen-bond donors (Lipinski definition) is 1. The highest BCUT2D eigenvalue weighted by Crippen LogP contribution is 2.25. The third kappa shape index (κ3) is 3.43. The van der Waals surface area contributed by atoms with Gasteiger partial charge >= 0.3 is 0 Å². The Morgan fingerprint density at radius 3 is 2.67 bits per heavy atom. The molecule has 1 aromatic rings. The van der Waals surface area contributed by atoms with Crippen LogP contribution in [0.2, 0.25) is 5.02 Å². The highest BCUT2D eigenvalue weighted by molar-refractivity contribution is 6.32. The molecule has 0 aliphatic heterocycles. The molecule has 0 amide bonds. The third-order valence-corrected chi connectivity index (χ3v) is 3.71. The van der Waals surface area contributed by atoms with Crippen LogP contribution in [0, 0.1) is 10.1 Å². The molecule has 98 valence electrons. The van der Waals surface area contributed by atoms with Gasteiger partial charge in [0.2, 0.25) is 0 Å². The van der Waals surface area contributed by atoms with E-state index in [4.69, 9.17) is 11.6 Å². The van der Waals surface area contributed by atoms with Crippen molar-refractivity contribution < 1.29 is 4.92 Å². The number of hydrogen-bond acceptors (Lipinski definition) is 3. The third-order valence-electron chi connectivity index (χ3n) is 3.41. The molecule has 0 atom stereocenters. The van der Waals surface area contributed by atoms with E-state index in [-0.39, 0.29) is 10.7 Å². The summed E-state index contributed by atoms with van der Waals surface area (Å²) in [7, 11) is 0. The maximum Gasteiger partial charge on any atom is 0.287 e. The maximum absolute atomic E-state index is 10.6. The van der Waals surface area contributed by atoms with Gasteiger partial charge in [0.1, 0.15) is 5.02 Å². The van der Waals surface area contributed by atoms with Crippen LogP contribution in [0.1, 0.15) is 37.7 Å². The summed E-state index contributed by atoms with van der Waals surface area (Å²) in [5, 5.41) is 14.3. The van der Waals surface area contributed by atoms with Gasteiger partial charge in [-0.05, 0) is 24.5 Å². The van der Waals surface area contributed by atoms with E-state index >= 15 is 0 Å². The highest BCUT2D eigenvalue weighted by atomic mass is 35.5. The summed E-state index contributed by atoms with van der Waals surface area (Å²) in [6, 6.07) is 5.49. The molecule has 1 fully saturated rings. The summed E-state index contributed by atoms with van der Waals surface area (Å²) in [6.45, 7) is 0.725. The van der Waals surface area contributed by atoms with Crippen molar-refractivity contribution in [1.29, 1.82) is 0 Å². The molecule has 0 radical (unpaired) electrons. The second-order valence-corrected chi connectivity index (χ2v) is 5.17. The summed E-state index contributed by atoms with van der Waals surface area (Å²) in [5.74, 6) is 0. The summed E-state index contributed by atoms with van der Waals surface area (Å²) >= 11 is 5.88. The smallest absolute Gasteiger partial charge is 0.287 e. The standard InChI is InChI=1S/C13H17ClN2O2/c14-12-8-10(6-7-13(12)16(17)18)9-15-11-4-2-1-3-5-11/h6-8,11,15H,1-5,9H2. The van der Waals surface area contributed by atoms with Crippen LogP contribution in [0.25, 0.3) is 0 Å². The first-order valence-corrected chi connectivity index (χ1v) is 6.71. The van der Waals surface area contributed by atoms with Gasteiger partial charge in [-0.25, -0.2) is 0 Å². The monoisotopic (exact) mass is 268 g/mol. The molecule has 1 N–H and O–H groups in total. The zero-order chi connectivity index (χ0) is 13.0. The van der Waals surface area contributed by atoms with Crippen molar-refractivity contribution in [2.24, 2.45) is 0 Å². The van der Waals surface area contributed by atoms with Gasteiger partial charge in [-0.1, -0.05) is 36.9 Å². The van der Waals surface area contributed by atoms with Crippen LogP contribution in [0.3, 0.4) is 0 Å². The molecule has 1 saturated carbocycles. The molecule has 0 saturated heterocycles. The van der Waals surface area contributed by atoms with E-state index in [0.29, 0.717) is 6.04 Å². The van der Waals surface area contributed by atoms with Gasteiger partial charge in [-0.2, -0.15) is 0 Å². The van der Waals surface area contributed by atoms with Gasteiger partial charge in [0.25, 0.3) is 5.69 Å². The van der Waals surface area contributed by atoms with Gasteiger partial charge in [0.05, 0.1) is 4.92 Å². The average molecular weight is 269 g/mol. The number of nitrogens with zero attached hydrogens (tertiary/aromatic N) is 1. The van der Waals surface area contributed by atoms with Crippen LogP contribution in [0.5, 0.6) is 0 Å². The number of nitro groups is 1. The Kier molecular flexibility index (Phi) is 4.55. The van der Waals surface area contributed by atoms with Gasteiger partial charge in [-0.3, -0.25) is 10.1 Å². The quantitative estimate of drug-likeness (QED) is 0.670. The molecular formula is C13H17ClN2O2. The van der Waals surface area contributed by atoms with Crippen molar-refractivity contribution in [1.82, 2.24) is 5.32 Å². The lowest BCUT2D eigenvalue weighted by Gasteiger charge is -2.22. The van der Waals surface area contributed by atoms with E-state index in [1.54, 1.807) is 12.1 Å². The normalized spacial score (nSPS) is 16.7. The van der Waals surface area contributed by atoms with Crippen LogP contribution >= 0.6 is 11.6 Å². The van der Waals surface area contributed by atoms with E-state index in [1.807, 2.05) is 0 Å². The molecule has 0 aromatic heterocycles. The number of halogens is 1. The van der Waals surface area contributed by atoms with Crippen LogP contribution in [0.15, 0.2) is 18.2 Å². The number of benzene rings is 1. The van der Waals surface area contributed by atoms with E-state index < -0.39 is 4.92 Å². The Morgan fingerprint density at radius 2 is 2.06 bits per heavy atom. The topological polar surface area (TPSA) is 55.2 Å². The maximum atomic E-state index is 10.6. The predicted molar refractivity (Wildman–Crippen MR) is 71.8 cm³/mol. The molecular weight excluding hydrogens is 252 g/mol. The molecule has 1 aromatic carbocycles.